The standard InChI is InChI=1S/C57H36N2OS/c58-36-37-26-28-39(29-27-37)55(38-14-3-1-4-15-38)40-30-33-52-46(34-40)45-19-13-23-51(56(45)60-52)59(41-16-5-2-6-17-41)42-31-32-44-43-18-7-8-20-47(43)57(50(44)35-42)48-21-9-11-24-53(48)61-54-25-12-10-22-49(54)57/h1-35,55H. The summed E-state index contributed by atoms with van der Waals surface area (Å²) in [5, 5.41) is 11.7. The monoisotopic (exact) mass is 796 g/mol. The molecule has 0 fully saturated rings. The van der Waals surface area contributed by atoms with Gasteiger partial charge in [0.15, 0.2) is 5.58 Å². The summed E-state index contributed by atoms with van der Waals surface area (Å²) in [6.45, 7) is 0. The Morgan fingerprint density at radius 3 is 1.84 bits per heavy atom. The highest BCUT2D eigenvalue weighted by atomic mass is 32.2. The highest BCUT2D eigenvalue weighted by Gasteiger charge is 2.50. The Bertz CT molecular complexity index is 3320. The van der Waals surface area contributed by atoms with E-state index in [-0.39, 0.29) is 5.92 Å². The zero-order valence-corrected chi connectivity index (χ0v) is 33.8. The van der Waals surface area contributed by atoms with Crippen molar-refractivity contribution in [1.82, 2.24) is 0 Å². The van der Waals surface area contributed by atoms with Gasteiger partial charge in [-0.3, -0.25) is 0 Å². The van der Waals surface area contributed by atoms with Crippen LogP contribution < -0.4 is 4.90 Å². The fourth-order valence-electron chi connectivity index (χ4n) is 10.1. The number of hydrogen-bond acceptors (Lipinski definition) is 4. The summed E-state index contributed by atoms with van der Waals surface area (Å²) in [4.78, 5) is 4.94. The lowest BCUT2D eigenvalue weighted by Crippen LogP contribution is -2.32. The second-order valence-electron chi connectivity index (χ2n) is 15.9. The first-order chi connectivity index (χ1) is 30.2. The van der Waals surface area contributed by atoms with Crippen molar-refractivity contribution in [2.45, 2.75) is 21.1 Å². The van der Waals surface area contributed by atoms with E-state index in [0.717, 1.165) is 50.1 Å². The van der Waals surface area contributed by atoms with Crippen molar-refractivity contribution >= 4 is 50.8 Å². The predicted octanol–water partition coefficient (Wildman–Crippen LogP) is 14.9. The highest BCUT2D eigenvalue weighted by molar-refractivity contribution is 7.99. The maximum atomic E-state index is 9.55. The molecular weight excluding hydrogens is 761 g/mol. The molecule has 286 valence electrons. The smallest absolute Gasteiger partial charge is 0.159 e. The first-order valence-corrected chi connectivity index (χ1v) is 21.5. The lowest BCUT2D eigenvalue weighted by molar-refractivity contribution is 0.669. The molecule has 0 bridgehead atoms. The van der Waals surface area contributed by atoms with Gasteiger partial charge in [0.25, 0.3) is 0 Å². The van der Waals surface area contributed by atoms with Gasteiger partial charge in [0.2, 0.25) is 0 Å². The molecule has 12 rings (SSSR count). The number of benzene rings is 9. The molecule has 1 unspecified atom stereocenters. The van der Waals surface area contributed by atoms with E-state index in [1.165, 1.54) is 48.7 Å². The van der Waals surface area contributed by atoms with Gasteiger partial charge in [-0.05, 0) is 117 Å². The molecule has 9 aromatic carbocycles. The van der Waals surface area contributed by atoms with Crippen molar-refractivity contribution in [2.75, 3.05) is 4.90 Å². The number of rotatable bonds is 6. The van der Waals surface area contributed by atoms with Gasteiger partial charge in [0.05, 0.1) is 22.7 Å². The van der Waals surface area contributed by atoms with Crippen LogP contribution in [0.2, 0.25) is 0 Å². The number of anilines is 3. The van der Waals surface area contributed by atoms with Crippen molar-refractivity contribution in [1.29, 1.82) is 5.26 Å². The van der Waals surface area contributed by atoms with E-state index in [9.17, 15) is 5.26 Å². The van der Waals surface area contributed by atoms with Gasteiger partial charge >= 0.3 is 0 Å². The van der Waals surface area contributed by atoms with E-state index in [1.807, 2.05) is 23.9 Å². The maximum absolute atomic E-state index is 9.55. The third-order valence-corrected chi connectivity index (χ3v) is 13.8. The molecule has 0 saturated carbocycles. The molecule has 61 heavy (non-hydrogen) atoms. The zero-order chi connectivity index (χ0) is 40.5. The summed E-state index contributed by atoms with van der Waals surface area (Å²) in [6.07, 6.45) is 0. The summed E-state index contributed by atoms with van der Waals surface area (Å²) in [7, 11) is 0. The Kier molecular flexibility index (Phi) is 8.13. The summed E-state index contributed by atoms with van der Waals surface area (Å²) in [6, 6.07) is 78.5. The van der Waals surface area contributed by atoms with E-state index < -0.39 is 5.41 Å². The van der Waals surface area contributed by atoms with E-state index in [4.69, 9.17) is 4.42 Å². The number of para-hydroxylation sites is 2. The number of hydrogen-bond donors (Lipinski definition) is 0. The largest absolute Gasteiger partial charge is 0.454 e. The molecule has 0 saturated heterocycles. The van der Waals surface area contributed by atoms with Crippen LogP contribution in [0.25, 0.3) is 33.1 Å². The summed E-state index contributed by atoms with van der Waals surface area (Å²) in [5.41, 5.74) is 16.1. The average Bonchev–Trinajstić information content (AvgIpc) is 3.84. The van der Waals surface area contributed by atoms with Gasteiger partial charge in [-0.25, -0.2) is 0 Å². The first-order valence-electron chi connectivity index (χ1n) is 20.7. The molecule has 1 spiro atoms. The molecule has 2 heterocycles. The number of fused-ring (bicyclic) bond motifs is 12. The molecule has 10 aromatic rings. The van der Waals surface area contributed by atoms with Gasteiger partial charge in [-0.2, -0.15) is 5.26 Å². The second kappa shape index (κ2) is 14.0. The molecule has 1 aliphatic heterocycles. The maximum Gasteiger partial charge on any atom is 0.159 e. The van der Waals surface area contributed by atoms with Crippen LogP contribution >= 0.6 is 11.8 Å². The SMILES string of the molecule is N#Cc1ccc(C(c2ccccc2)c2ccc3oc4c(N(c5ccccc5)c5ccc6c(c5)C5(c7ccccc7Sc7ccccc75)c5ccccc5-6)cccc4c3c2)cc1. The van der Waals surface area contributed by atoms with Crippen LogP contribution in [-0.4, -0.2) is 0 Å². The molecule has 3 nitrogen and oxygen atoms in total. The predicted molar refractivity (Wildman–Crippen MR) is 248 cm³/mol. The quantitative estimate of drug-likeness (QED) is 0.157. The van der Waals surface area contributed by atoms with Crippen molar-refractivity contribution in [2.24, 2.45) is 0 Å². The number of nitriles is 1. The van der Waals surface area contributed by atoms with Crippen LogP contribution in [0.5, 0.6) is 0 Å². The fraction of sp³-hybridized carbons (Fsp3) is 0.0351. The molecule has 0 radical (unpaired) electrons. The molecule has 1 aromatic heterocycles. The Morgan fingerprint density at radius 2 is 1.10 bits per heavy atom. The van der Waals surface area contributed by atoms with Crippen molar-refractivity contribution < 1.29 is 4.42 Å². The molecule has 0 N–H and O–H groups in total. The second-order valence-corrected chi connectivity index (χ2v) is 17.0. The number of nitrogens with zero attached hydrogens (tertiary/aromatic N) is 2. The van der Waals surface area contributed by atoms with Crippen LogP contribution in [0.4, 0.5) is 17.1 Å². The lowest BCUT2D eigenvalue weighted by atomic mass is 9.67. The van der Waals surface area contributed by atoms with E-state index in [1.54, 1.807) is 0 Å². The van der Waals surface area contributed by atoms with E-state index >= 15 is 0 Å². The third-order valence-electron chi connectivity index (χ3n) is 12.7. The number of furan rings is 1. The van der Waals surface area contributed by atoms with Gasteiger partial charge in [-0.1, -0.05) is 157 Å². The normalized spacial score (nSPS) is 13.6. The highest BCUT2D eigenvalue weighted by Crippen LogP contribution is 2.62. The molecule has 1 atom stereocenters. The van der Waals surface area contributed by atoms with Crippen molar-refractivity contribution in [3.8, 4) is 17.2 Å². The van der Waals surface area contributed by atoms with Crippen LogP contribution in [0.15, 0.2) is 227 Å². The molecule has 2 aliphatic rings. The lowest BCUT2D eigenvalue weighted by Gasteiger charge is -2.40. The molecule has 0 amide bonds. The van der Waals surface area contributed by atoms with Gasteiger partial charge < -0.3 is 9.32 Å². The Hall–Kier alpha value is -7.58. The molecule has 1 aliphatic carbocycles. The summed E-state index contributed by atoms with van der Waals surface area (Å²) in [5.74, 6) is -0.0244. The average molecular weight is 797 g/mol. The minimum atomic E-state index is -0.491. The van der Waals surface area contributed by atoms with Crippen molar-refractivity contribution in [3.63, 3.8) is 0 Å². The van der Waals surface area contributed by atoms with Gasteiger partial charge in [0.1, 0.15) is 5.58 Å². The van der Waals surface area contributed by atoms with Crippen LogP contribution in [-0.2, 0) is 5.41 Å². The molecule has 4 heteroatoms. The van der Waals surface area contributed by atoms with Gasteiger partial charge in [0, 0.05) is 37.9 Å². The topological polar surface area (TPSA) is 40.2 Å². The Balaban J connectivity index is 1.07. The first kappa shape index (κ1) is 35.4. The van der Waals surface area contributed by atoms with E-state index in [2.05, 4.69) is 211 Å². The third kappa shape index (κ3) is 5.38. The summed E-state index contributed by atoms with van der Waals surface area (Å²) >= 11 is 1.87. The van der Waals surface area contributed by atoms with Crippen molar-refractivity contribution in [3.05, 3.63) is 257 Å². The summed E-state index contributed by atoms with van der Waals surface area (Å²) < 4.78 is 6.95. The minimum Gasteiger partial charge on any atom is -0.454 e. The Morgan fingerprint density at radius 1 is 0.475 bits per heavy atom. The van der Waals surface area contributed by atoms with Gasteiger partial charge in [-0.15, -0.1) is 0 Å². The van der Waals surface area contributed by atoms with E-state index in [0.29, 0.717) is 5.56 Å². The molecular formula is C57H36N2OS. The zero-order valence-electron chi connectivity index (χ0n) is 33.0. The van der Waals surface area contributed by atoms with Crippen LogP contribution in [0.3, 0.4) is 0 Å². The fourth-order valence-corrected chi connectivity index (χ4v) is 11.3. The minimum absolute atomic E-state index is 0.0244. The van der Waals surface area contributed by atoms with Crippen LogP contribution in [0.1, 0.15) is 50.4 Å². The van der Waals surface area contributed by atoms with Crippen LogP contribution in [0, 0.1) is 11.3 Å². The Labute approximate surface area is 358 Å².